The van der Waals surface area contributed by atoms with E-state index in [0.717, 1.165) is 37.0 Å². The highest BCUT2D eigenvalue weighted by Gasteiger charge is 2.45. The molecule has 0 radical (unpaired) electrons. The monoisotopic (exact) mass is 1050 g/mol. The number of carbonyl (C=O) groups is 3. The second-order valence-electron chi connectivity index (χ2n) is 18.2. The standard InChI is InChI=1S/C47H60N4O15S4/c1-46(2)37-32-35(69(61,62)63)20-22-39(37)49(28-30-67(55,56)57)41(46)17-12-15-34(14-8-7-9-19-43(52)48-26-10-5-6-11-27-51-44(53)24-25-45(51)54)16-13-18-42-47(3,4)38-33-36(70(64,65)66)21-23-40(38)50(42)29-31-68(58,59)60/h12-13,15-18,20-25,32-33H,5-11,14,19,26-31H2,1-4H3,(H4-,48,52,55,56,57,58,59,60,61,62,63,64,65,66)/p-3. The van der Waals surface area contributed by atoms with Crippen molar-refractivity contribution in [2.75, 3.05) is 42.6 Å². The van der Waals surface area contributed by atoms with Crippen molar-refractivity contribution in [3.8, 4) is 0 Å². The summed E-state index contributed by atoms with van der Waals surface area (Å²) in [6, 6.07) is 7.49. The second kappa shape index (κ2) is 22.5. The Morgan fingerprint density at radius 1 is 0.671 bits per heavy atom. The SMILES string of the molecule is CC1(C)C(/C=C/C=C(/C=C/C=C2/N(CCS(=O)(=O)[O-])c3ccc(S(=O)(=O)[O-])cc3C2(C)C)CCCCCC(=O)NCCCCCCN2C(=O)C=CC2=O)=[N+](CCS(=O)(=O)[O-])c2ccc(S(=O)(=O)[O-])cc21. The number of rotatable bonds is 25. The number of nitrogens with one attached hydrogen (secondary N) is 1. The number of anilines is 1. The molecule has 0 saturated heterocycles. The number of carbonyl (C=O) groups excluding carboxylic acids is 3. The third-order valence-electron chi connectivity index (χ3n) is 12.5. The van der Waals surface area contributed by atoms with E-state index in [1.54, 1.807) is 73.6 Å². The number of imide groups is 1. The van der Waals surface area contributed by atoms with Gasteiger partial charge in [-0.15, -0.1) is 0 Å². The van der Waals surface area contributed by atoms with Gasteiger partial charge in [-0.1, -0.05) is 57.4 Å². The Morgan fingerprint density at radius 3 is 1.89 bits per heavy atom. The molecule has 1 N–H and O–H groups in total. The van der Waals surface area contributed by atoms with Crippen LogP contribution in [0.15, 0.2) is 106 Å². The van der Waals surface area contributed by atoms with Crippen LogP contribution in [0.2, 0.25) is 0 Å². The van der Waals surface area contributed by atoms with E-state index in [-0.39, 0.29) is 37.2 Å². The van der Waals surface area contributed by atoms with Crippen LogP contribution in [0.5, 0.6) is 0 Å². The zero-order chi connectivity index (χ0) is 51.9. The number of unbranched alkanes of at least 4 members (excludes halogenated alkanes) is 5. The predicted molar refractivity (Wildman–Crippen MR) is 256 cm³/mol. The van der Waals surface area contributed by atoms with E-state index >= 15 is 0 Å². The number of benzene rings is 2. The van der Waals surface area contributed by atoms with Gasteiger partial charge in [0, 0.05) is 72.7 Å². The first-order chi connectivity index (χ1) is 32.5. The van der Waals surface area contributed by atoms with Gasteiger partial charge in [0.2, 0.25) is 11.6 Å². The van der Waals surface area contributed by atoms with Crippen molar-refractivity contribution in [2.24, 2.45) is 0 Å². The van der Waals surface area contributed by atoms with Crippen LogP contribution < -0.4 is 10.2 Å². The van der Waals surface area contributed by atoms with E-state index in [1.807, 2.05) is 0 Å². The van der Waals surface area contributed by atoms with Crippen molar-refractivity contribution in [3.63, 3.8) is 0 Å². The van der Waals surface area contributed by atoms with E-state index in [1.165, 1.54) is 41.3 Å². The van der Waals surface area contributed by atoms with Gasteiger partial charge in [0.15, 0.2) is 12.3 Å². The van der Waals surface area contributed by atoms with Gasteiger partial charge in [0.1, 0.15) is 30.4 Å². The Morgan fingerprint density at radius 2 is 1.26 bits per heavy atom. The van der Waals surface area contributed by atoms with Gasteiger partial charge in [-0.05, 0) is 93.5 Å². The number of hydrogen-bond acceptors (Lipinski definition) is 16. The Labute approximate surface area is 410 Å². The molecule has 19 nitrogen and oxygen atoms in total. The van der Waals surface area contributed by atoms with Crippen LogP contribution in [0.4, 0.5) is 11.4 Å². The van der Waals surface area contributed by atoms with E-state index in [9.17, 15) is 66.3 Å². The number of nitrogens with zero attached hydrogens (tertiary/aromatic N) is 3. The van der Waals surface area contributed by atoms with Crippen molar-refractivity contribution in [1.29, 1.82) is 0 Å². The van der Waals surface area contributed by atoms with Crippen molar-refractivity contribution in [2.45, 2.75) is 106 Å². The molecule has 0 aliphatic carbocycles. The van der Waals surface area contributed by atoms with Crippen LogP contribution in [0, 0.1) is 0 Å². The van der Waals surface area contributed by atoms with Gasteiger partial charge in [-0.25, -0.2) is 33.7 Å². The fourth-order valence-corrected chi connectivity index (χ4v) is 10.6. The van der Waals surface area contributed by atoms with Crippen molar-refractivity contribution < 1.29 is 70.8 Å². The molecular weight excluding hydrogens is 989 g/mol. The first kappa shape index (κ1) is 55.8. The molecule has 3 heterocycles. The molecule has 3 aliphatic heterocycles. The summed E-state index contributed by atoms with van der Waals surface area (Å²) < 4.78 is 144. The molecule has 0 fully saturated rings. The van der Waals surface area contributed by atoms with Gasteiger partial charge < -0.3 is 28.4 Å². The first-order valence-corrected chi connectivity index (χ1v) is 28.5. The fourth-order valence-electron chi connectivity index (χ4n) is 8.76. The smallest absolute Gasteiger partial charge is 0.253 e. The molecule has 3 amide bonds. The zero-order valence-electron chi connectivity index (χ0n) is 39.3. The molecule has 0 saturated carbocycles. The maximum atomic E-state index is 12.6. The van der Waals surface area contributed by atoms with E-state index in [0.29, 0.717) is 79.1 Å². The lowest BCUT2D eigenvalue weighted by molar-refractivity contribution is -0.432. The summed E-state index contributed by atoms with van der Waals surface area (Å²) in [5.41, 5.74) is 1.47. The Hall–Kier alpha value is -5.14. The Bertz CT molecular complexity index is 3000. The summed E-state index contributed by atoms with van der Waals surface area (Å²) in [4.78, 5) is 37.9. The average Bonchev–Trinajstić information content (AvgIpc) is 3.77. The number of fused-ring (bicyclic) bond motifs is 2. The molecule has 0 bridgehead atoms. The largest absolute Gasteiger partial charge is 0.748 e. The summed E-state index contributed by atoms with van der Waals surface area (Å²) >= 11 is 0. The quantitative estimate of drug-likeness (QED) is 0.0478. The minimum Gasteiger partial charge on any atom is -0.748 e. The topological polar surface area (TPSA) is 302 Å². The maximum Gasteiger partial charge on any atom is 0.253 e. The third kappa shape index (κ3) is 14.7. The minimum atomic E-state index is -4.85. The predicted octanol–water partition coefficient (Wildman–Crippen LogP) is 4.23. The highest BCUT2D eigenvalue weighted by atomic mass is 32.2. The van der Waals surface area contributed by atoms with Gasteiger partial charge in [0.25, 0.3) is 11.8 Å². The molecule has 3 aliphatic rings. The molecule has 70 heavy (non-hydrogen) atoms. The van der Waals surface area contributed by atoms with Crippen molar-refractivity contribution >= 4 is 75.3 Å². The van der Waals surface area contributed by atoms with Crippen molar-refractivity contribution in [1.82, 2.24) is 10.2 Å². The van der Waals surface area contributed by atoms with Crippen LogP contribution in [-0.4, -0.2) is 122 Å². The van der Waals surface area contributed by atoms with Crippen LogP contribution in [0.25, 0.3) is 0 Å². The highest BCUT2D eigenvalue weighted by molar-refractivity contribution is 7.86. The Kier molecular flexibility index (Phi) is 17.9. The summed E-state index contributed by atoms with van der Waals surface area (Å²) in [7, 11) is -19.1. The lowest BCUT2D eigenvalue weighted by atomic mass is 9.81. The summed E-state index contributed by atoms with van der Waals surface area (Å²) in [6.45, 7) is 7.34. The first-order valence-electron chi connectivity index (χ1n) is 22.6. The molecule has 2 aromatic rings. The number of allylic oxidation sites excluding steroid dienone is 8. The van der Waals surface area contributed by atoms with Gasteiger partial charge in [0.05, 0.1) is 36.8 Å². The molecule has 2 aromatic carbocycles. The fraction of sp³-hybridized carbons (Fsp3) is 0.447. The normalized spacial score (nSPS) is 17.8. The summed E-state index contributed by atoms with van der Waals surface area (Å²) in [5, 5.41) is 2.92. The Balaban J connectivity index is 1.36. The van der Waals surface area contributed by atoms with Crippen molar-refractivity contribution in [3.05, 3.63) is 107 Å². The van der Waals surface area contributed by atoms with Crippen LogP contribution in [0.3, 0.4) is 0 Å². The molecule has 0 atom stereocenters. The molecule has 0 aromatic heterocycles. The average molecular weight is 1050 g/mol. The van der Waals surface area contributed by atoms with Crippen LogP contribution in [0.1, 0.15) is 96.6 Å². The zero-order valence-corrected chi connectivity index (χ0v) is 42.6. The molecule has 0 unspecified atom stereocenters. The highest BCUT2D eigenvalue weighted by Crippen LogP contribution is 2.48. The lowest BCUT2D eigenvalue weighted by Crippen LogP contribution is -2.30. The van der Waals surface area contributed by atoms with Gasteiger partial charge in [-0.3, -0.25) is 19.3 Å². The van der Waals surface area contributed by atoms with E-state index in [4.69, 9.17) is 0 Å². The third-order valence-corrected chi connectivity index (χ3v) is 15.5. The van der Waals surface area contributed by atoms with E-state index in [2.05, 4.69) is 5.32 Å². The molecule has 382 valence electrons. The van der Waals surface area contributed by atoms with Crippen LogP contribution >= 0.6 is 0 Å². The van der Waals surface area contributed by atoms with Crippen LogP contribution in [-0.2, 0) is 65.7 Å². The van der Waals surface area contributed by atoms with Gasteiger partial charge >= 0.3 is 0 Å². The molecule has 5 rings (SSSR count). The maximum absolute atomic E-state index is 12.6. The van der Waals surface area contributed by atoms with E-state index < -0.39 is 72.6 Å². The lowest BCUT2D eigenvalue weighted by Gasteiger charge is -2.27. The number of hydrogen-bond donors (Lipinski definition) is 1. The second-order valence-corrected chi connectivity index (χ2v) is 24.0. The molecular formula is C47H57N4O15S4-3. The molecule has 0 spiro atoms. The minimum absolute atomic E-state index is 0.106. The summed E-state index contributed by atoms with van der Waals surface area (Å²) in [6.07, 6.45) is 18.4. The van der Waals surface area contributed by atoms with Gasteiger partial charge in [-0.2, -0.15) is 4.58 Å². The molecule has 23 heteroatoms. The summed E-state index contributed by atoms with van der Waals surface area (Å²) in [5.74, 6) is -2.27. The number of amides is 3.